The van der Waals surface area contributed by atoms with Crippen LogP contribution in [0, 0.1) is 0 Å². The number of esters is 1. The molecule has 1 aromatic rings. The summed E-state index contributed by atoms with van der Waals surface area (Å²) in [7, 11) is -1.66. The van der Waals surface area contributed by atoms with E-state index in [2.05, 4.69) is 0 Å². The van der Waals surface area contributed by atoms with Crippen molar-refractivity contribution in [3.05, 3.63) is 29.3 Å². The first-order valence-electron chi connectivity index (χ1n) is 8.32. The van der Waals surface area contributed by atoms with Gasteiger partial charge in [0.15, 0.2) is 8.24 Å². The van der Waals surface area contributed by atoms with Crippen molar-refractivity contribution < 1.29 is 17.9 Å². The van der Waals surface area contributed by atoms with E-state index in [4.69, 9.17) is 9.88 Å². The van der Waals surface area contributed by atoms with E-state index in [1.807, 2.05) is 52.9 Å². The van der Waals surface area contributed by atoms with Gasteiger partial charge in [-0.05, 0) is 36.8 Å². The maximum Gasteiger partial charge on any atom is 0.339 e. The molecule has 0 radical (unpaired) electrons. The minimum atomic E-state index is -4.09. The van der Waals surface area contributed by atoms with Crippen LogP contribution < -0.4 is 9.11 Å². The average molecular weight is 402 g/mol. The molecule has 0 amide bonds. The minimum absolute atomic E-state index is 0.189. The van der Waals surface area contributed by atoms with Gasteiger partial charge in [-0.1, -0.05) is 39.9 Å². The van der Waals surface area contributed by atoms with E-state index < -0.39 is 24.4 Å². The van der Waals surface area contributed by atoms with Crippen molar-refractivity contribution in [2.24, 2.45) is 5.14 Å². The van der Waals surface area contributed by atoms with Crippen molar-refractivity contribution in [3.8, 4) is 0 Å². The molecule has 0 aliphatic rings. The number of rotatable bonds is 6. The monoisotopic (exact) mass is 401 g/mol. The summed E-state index contributed by atoms with van der Waals surface area (Å²) in [5.41, 5.74) is 1.35. The lowest BCUT2D eigenvalue weighted by atomic mass is 10.1. The van der Waals surface area contributed by atoms with Gasteiger partial charge in [-0.3, -0.25) is 3.97 Å². The summed E-state index contributed by atoms with van der Waals surface area (Å²) in [5, 5.41) is 5.31. The van der Waals surface area contributed by atoms with Crippen LogP contribution in [0.1, 0.15) is 36.7 Å². The maximum atomic E-state index is 12.6. The molecule has 0 saturated heterocycles. The molecule has 26 heavy (non-hydrogen) atoms. The second-order valence-corrected chi connectivity index (χ2v) is 15.0. The Bertz CT molecular complexity index is 771. The predicted molar refractivity (Wildman–Crippen MR) is 108 cm³/mol. The Morgan fingerprint density at radius 3 is 2.15 bits per heavy atom. The smallest absolute Gasteiger partial charge is 0.339 e. The quantitative estimate of drug-likeness (QED) is 0.584. The Morgan fingerprint density at radius 2 is 1.77 bits per heavy atom. The number of carbonyl (C=O) groups excluding carboxylic acids is 1. The number of nitrogens with two attached hydrogens (primary N) is 1. The Kier molecular flexibility index (Phi) is 6.67. The third-order valence-electron chi connectivity index (χ3n) is 4.78. The third-order valence-corrected chi connectivity index (χ3v) is 12.5. The highest BCUT2D eigenvalue weighted by Gasteiger charge is 2.47. The fourth-order valence-electron chi connectivity index (χ4n) is 2.55. The molecule has 0 aliphatic heterocycles. The summed E-state index contributed by atoms with van der Waals surface area (Å²) in [4.78, 5) is 14.3. The predicted octanol–water partition coefficient (Wildman–Crippen LogP) is 2.55. The van der Waals surface area contributed by atoms with E-state index in [0.717, 1.165) is 5.56 Å². The highest BCUT2D eigenvalue weighted by atomic mass is 32.2. The Morgan fingerprint density at radius 1 is 1.23 bits per heavy atom. The molecule has 0 bridgehead atoms. The number of methoxy groups -OCH3 is 1. The van der Waals surface area contributed by atoms with E-state index in [9.17, 15) is 13.2 Å². The topological polar surface area (TPSA) is 92.9 Å². The number of ether oxygens (including phenoxy) is 1. The number of benzene rings is 1. The molecule has 0 saturated carbocycles. The van der Waals surface area contributed by atoms with Gasteiger partial charge >= 0.3 is 5.97 Å². The van der Waals surface area contributed by atoms with Crippen LogP contribution in [-0.2, 0) is 21.5 Å². The largest absolute Gasteiger partial charge is 0.465 e. The molecule has 0 spiro atoms. The molecule has 0 unspecified atom stereocenters. The lowest BCUT2D eigenvalue weighted by Crippen LogP contribution is -2.60. The van der Waals surface area contributed by atoms with Crippen molar-refractivity contribution in [3.63, 3.8) is 0 Å². The van der Waals surface area contributed by atoms with E-state index in [1.165, 1.54) is 11.1 Å². The highest BCUT2D eigenvalue weighted by molar-refractivity contribution is 7.92. The van der Waals surface area contributed by atoms with Gasteiger partial charge < -0.3 is 9.64 Å². The fraction of sp³-hybridized carbons (Fsp3) is 0.588. The van der Waals surface area contributed by atoms with E-state index in [-0.39, 0.29) is 16.3 Å². The third kappa shape index (κ3) is 4.85. The van der Waals surface area contributed by atoms with Gasteiger partial charge in [0.25, 0.3) is 10.2 Å². The van der Waals surface area contributed by atoms with Gasteiger partial charge in [-0.15, -0.1) is 0 Å². The maximum absolute atomic E-state index is 12.6. The average Bonchev–Trinajstić information content (AvgIpc) is 2.43. The van der Waals surface area contributed by atoms with Crippen molar-refractivity contribution in [1.82, 2.24) is 4.90 Å². The second-order valence-electron chi connectivity index (χ2n) is 8.20. The molecule has 0 heterocycles. The summed E-state index contributed by atoms with van der Waals surface area (Å²) >= 11 is 0. The highest BCUT2D eigenvalue weighted by Crippen LogP contribution is 2.42. The van der Waals surface area contributed by atoms with Crippen LogP contribution in [0.25, 0.3) is 0 Å². The first-order valence-corrected chi connectivity index (χ1v) is 12.8. The van der Waals surface area contributed by atoms with Crippen LogP contribution in [0.4, 0.5) is 5.69 Å². The summed E-state index contributed by atoms with van der Waals surface area (Å²) in [6, 6.07) is 5.12. The minimum Gasteiger partial charge on any atom is -0.465 e. The Hall–Kier alpha value is -1.42. The normalized spacial score (nSPS) is 13.0. The number of carbonyl (C=O) groups is 1. The molecule has 2 N–H and O–H groups in total. The zero-order valence-corrected chi connectivity index (χ0v) is 18.8. The molecule has 1 rings (SSSR count). The Labute approximate surface area is 158 Å². The number of anilines is 1. The summed E-state index contributed by atoms with van der Waals surface area (Å²) < 4.78 is 31.3. The fourth-order valence-corrected chi connectivity index (χ4v) is 7.74. The summed E-state index contributed by atoms with van der Waals surface area (Å²) in [6.07, 6.45) is 0. The first-order chi connectivity index (χ1) is 11.6. The van der Waals surface area contributed by atoms with Crippen molar-refractivity contribution >= 4 is 30.1 Å². The van der Waals surface area contributed by atoms with Gasteiger partial charge in [0.2, 0.25) is 0 Å². The Balaban J connectivity index is 3.80. The van der Waals surface area contributed by atoms with Crippen molar-refractivity contribution in [2.45, 2.75) is 45.4 Å². The van der Waals surface area contributed by atoms with Crippen LogP contribution in [0.3, 0.4) is 0 Å². The van der Waals surface area contributed by atoms with Crippen LogP contribution in [0.2, 0.25) is 18.1 Å². The standard InChI is InChI=1S/C17H31N3O4SSi/c1-17(2,3)26(7,8)20(25(18,22)23)15-11-13(12-19(4)5)9-10-14(15)16(21)24-6/h9-11H,12H2,1-8H3,(H2,18,22,23). The van der Waals surface area contributed by atoms with Gasteiger partial charge in [-0.25, -0.2) is 9.93 Å². The second kappa shape index (κ2) is 7.67. The van der Waals surface area contributed by atoms with Gasteiger partial charge in [0.1, 0.15) is 0 Å². The molecule has 148 valence electrons. The summed E-state index contributed by atoms with van der Waals surface area (Å²) in [5.74, 6) is -0.594. The molecule has 0 atom stereocenters. The molecular weight excluding hydrogens is 370 g/mol. The summed E-state index contributed by atoms with van der Waals surface area (Å²) in [6.45, 7) is 10.4. The molecule has 9 heteroatoms. The van der Waals surface area contributed by atoms with Gasteiger partial charge in [0.05, 0.1) is 18.4 Å². The van der Waals surface area contributed by atoms with E-state index in [0.29, 0.717) is 6.54 Å². The zero-order valence-electron chi connectivity index (χ0n) is 17.0. The lowest BCUT2D eigenvalue weighted by Gasteiger charge is -2.45. The van der Waals surface area contributed by atoms with Gasteiger partial charge in [0, 0.05) is 6.54 Å². The molecule has 0 aromatic heterocycles. The van der Waals surface area contributed by atoms with Crippen LogP contribution >= 0.6 is 0 Å². The van der Waals surface area contributed by atoms with Crippen molar-refractivity contribution in [2.75, 3.05) is 25.2 Å². The van der Waals surface area contributed by atoms with Crippen molar-refractivity contribution in [1.29, 1.82) is 0 Å². The number of nitrogens with zero attached hydrogens (tertiary/aromatic N) is 2. The van der Waals surface area contributed by atoms with E-state index >= 15 is 0 Å². The zero-order chi connectivity index (χ0) is 20.5. The molecule has 7 nitrogen and oxygen atoms in total. The van der Waals surface area contributed by atoms with Gasteiger partial charge in [-0.2, -0.15) is 8.42 Å². The number of hydrogen-bond acceptors (Lipinski definition) is 5. The van der Waals surface area contributed by atoms with Crippen LogP contribution in [0.5, 0.6) is 0 Å². The van der Waals surface area contributed by atoms with Crippen LogP contribution in [-0.4, -0.2) is 48.7 Å². The first kappa shape index (κ1) is 22.6. The molecule has 0 fully saturated rings. The van der Waals surface area contributed by atoms with E-state index in [1.54, 1.807) is 18.2 Å². The number of hydrogen-bond donors (Lipinski definition) is 1. The van der Waals surface area contributed by atoms with Crippen LogP contribution in [0.15, 0.2) is 18.2 Å². The molecule has 1 aromatic carbocycles. The molecule has 0 aliphatic carbocycles. The lowest BCUT2D eigenvalue weighted by molar-refractivity contribution is 0.0602. The SMILES string of the molecule is COC(=O)c1ccc(CN(C)C)cc1N([Si](C)(C)C(C)(C)C)S(N)(=O)=O. The molecular formula is C17H31N3O4SSi.